The minimum absolute atomic E-state index is 0.154. The standard InChI is InChI=1S/C35H33IN2O8S/c1-5-43-28-18-24(11-16-27(28)46-20-30(39)42-4)32-31(34(41)44-6-2)21(3)37-35-38(32)33(40)29(47-35)17-22-9-14-26(15-10-22)45-19-23-7-12-25(36)13-8-23/h7-18,32H,5-6,19-20H2,1-4H3/b29-17-/t32-/m0/s1. The number of carbonyl (C=O) groups excluding carboxylic acids is 2. The first-order chi connectivity index (χ1) is 22.7. The van der Waals surface area contributed by atoms with Crippen LogP contribution in [0.1, 0.15) is 43.5 Å². The normalized spacial score (nSPS) is 14.2. The third-order valence-electron chi connectivity index (χ3n) is 7.17. The number of hydrogen-bond acceptors (Lipinski definition) is 10. The van der Waals surface area contributed by atoms with E-state index < -0.39 is 18.0 Å². The van der Waals surface area contributed by atoms with E-state index in [1.165, 1.54) is 23.0 Å². The first kappa shape index (κ1) is 33.9. The minimum Gasteiger partial charge on any atom is -0.490 e. The van der Waals surface area contributed by atoms with Gasteiger partial charge in [0.2, 0.25) is 0 Å². The summed E-state index contributed by atoms with van der Waals surface area (Å²) in [5.74, 6) is 0.255. The maximum Gasteiger partial charge on any atom is 0.343 e. The van der Waals surface area contributed by atoms with Crippen molar-refractivity contribution >= 4 is 51.9 Å². The van der Waals surface area contributed by atoms with Gasteiger partial charge in [0.25, 0.3) is 5.56 Å². The predicted octanol–water partition coefficient (Wildman–Crippen LogP) is 4.93. The van der Waals surface area contributed by atoms with E-state index in [4.69, 9.17) is 18.9 Å². The Morgan fingerprint density at radius 1 is 0.957 bits per heavy atom. The van der Waals surface area contributed by atoms with Crippen LogP contribution in [0.5, 0.6) is 17.2 Å². The molecule has 0 N–H and O–H groups in total. The molecular formula is C35H33IN2O8S. The van der Waals surface area contributed by atoms with Crippen LogP contribution in [0.25, 0.3) is 6.08 Å². The van der Waals surface area contributed by atoms with E-state index in [0.29, 0.717) is 51.1 Å². The summed E-state index contributed by atoms with van der Waals surface area (Å²) < 4.78 is 30.6. The van der Waals surface area contributed by atoms with E-state index in [-0.39, 0.29) is 24.3 Å². The van der Waals surface area contributed by atoms with Crippen LogP contribution in [0.2, 0.25) is 0 Å². The molecule has 10 nitrogen and oxygen atoms in total. The second kappa shape index (κ2) is 15.4. The number of rotatable bonds is 12. The van der Waals surface area contributed by atoms with Crippen molar-refractivity contribution in [2.75, 3.05) is 26.9 Å². The first-order valence-electron chi connectivity index (χ1n) is 14.9. The molecule has 47 heavy (non-hydrogen) atoms. The quantitative estimate of drug-likeness (QED) is 0.147. The molecule has 1 aliphatic rings. The molecule has 12 heteroatoms. The van der Waals surface area contributed by atoms with Gasteiger partial charge in [-0.3, -0.25) is 9.36 Å². The van der Waals surface area contributed by atoms with Gasteiger partial charge in [-0.1, -0.05) is 41.7 Å². The number of halogens is 1. The number of allylic oxidation sites excluding steroid dienone is 1. The number of thiazole rings is 1. The highest BCUT2D eigenvalue weighted by molar-refractivity contribution is 14.1. The molecule has 3 aromatic carbocycles. The van der Waals surface area contributed by atoms with Crippen molar-refractivity contribution in [3.8, 4) is 17.2 Å². The zero-order valence-corrected chi connectivity index (χ0v) is 29.3. The van der Waals surface area contributed by atoms with Crippen molar-refractivity contribution in [2.24, 2.45) is 4.99 Å². The van der Waals surface area contributed by atoms with Crippen molar-refractivity contribution in [3.05, 3.63) is 118 Å². The average Bonchev–Trinajstić information content (AvgIpc) is 3.37. The monoisotopic (exact) mass is 768 g/mol. The van der Waals surface area contributed by atoms with Gasteiger partial charge in [0.1, 0.15) is 12.4 Å². The molecule has 0 amide bonds. The van der Waals surface area contributed by atoms with Crippen LogP contribution in [0.15, 0.2) is 87.8 Å². The summed E-state index contributed by atoms with van der Waals surface area (Å²) in [4.78, 5) is 44.1. The second-order valence-corrected chi connectivity index (χ2v) is 12.5. The van der Waals surface area contributed by atoms with E-state index in [2.05, 4.69) is 32.3 Å². The number of ether oxygens (including phenoxy) is 5. The number of nitrogens with zero attached hydrogens (tertiary/aromatic N) is 2. The van der Waals surface area contributed by atoms with Gasteiger partial charge in [-0.15, -0.1) is 0 Å². The highest BCUT2D eigenvalue weighted by Gasteiger charge is 2.34. The fraction of sp³-hybridized carbons (Fsp3) is 0.257. The topological polar surface area (TPSA) is 115 Å². The Kier molecular flexibility index (Phi) is 11.1. The lowest BCUT2D eigenvalue weighted by Gasteiger charge is -2.25. The van der Waals surface area contributed by atoms with E-state index in [0.717, 1.165) is 14.7 Å². The average molecular weight is 769 g/mol. The molecule has 0 saturated carbocycles. The Labute approximate surface area is 289 Å². The van der Waals surface area contributed by atoms with Crippen LogP contribution >= 0.6 is 33.9 Å². The fourth-order valence-electron chi connectivity index (χ4n) is 4.94. The number of hydrogen-bond donors (Lipinski definition) is 0. The van der Waals surface area contributed by atoms with Crippen LogP contribution < -0.4 is 29.1 Å². The maximum atomic E-state index is 14.0. The SMILES string of the molecule is CCOC(=O)C1=C(C)N=c2s/c(=C\c3ccc(OCc4ccc(I)cc4)cc3)c(=O)n2[C@H]1c1ccc(OCC(=O)OC)c(OCC)c1. The predicted molar refractivity (Wildman–Crippen MR) is 185 cm³/mol. The molecule has 0 bridgehead atoms. The molecule has 244 valence electrons. The zero-order chi connectivity index (χ0) is 33.5. The van der Waals surface area contributed by atoms with Crippen LogP contribution in [-0.4, -0.2) is 43.4 Å². The van der Waals surface area contributed by atoms with Gasteiger partial charge in [0.05, 0.1) is 42.2 Å². The van der Waals surface area contributed by atoms with E-state index >= 15 is 0 Å². The van der Waals surface area contributed by atoms with Crippen molar-refractivity contribution < 1.29 is 33.3 Å². The summed E-state index contributed by atoms with van der Waals surface area (Å²) in [7, 11) is 1.27. The third-order valence-corrected chi connectivity index (χ3v) is 8.87. The lowest BCUT2D eigenvalue weighted by Crippen LogP contribution is -2.40. The number of carbonyl (C=O) groups is 2. The lowest BCUT2D eigenvalue weighted by molar-refractivity contribution is -0.143. The fourth-order valence-corrected chi connectivity index (χ4v) is 6.35. The molecular weight excluding hydrogens is 735 g/mol. The highest BCUT2D eigenvalue weighted by Crippen LogP contribution is 2.36. The van der Waals surface area contributed by atoms with Crippen LogP contribution in [0.3, 0.4) is 0 Å². The summed E-state index contributed by atoms with van der Waals surface area (Å²) in [5, 5.41) is 0. The van der Waals surface area contributed by atoms with Gasteiger partial charge in [-0.05, 0) is 103 Å². The molecule has 0 unspecified atom stereocenters. The zero-order valence-electron chi connectivity index (χ0n) is 26.3. The van der Waals surface area contributed by atoms with E-state index in [1.807, 2.05) is 55.5 Å². The molecule has 1 aromatic heterocycles. The number of esters is 2. The summed E-state index contributed by atoms with van der Waals surface area (Å²) in [5.41, 5.74) is 2.83. The van der Waals surface area contributed by atoms with Gasteiger partial charge < -0.3 is 23.7 Å². The van der Waals surface area contributed by atoms with Crippen LogP contribution in [-0.2, 0) is 25.7 Å². The second-order valence-electron chi connectivity index (χ2n) is 10.3. The number of fused-ring (bicyclic) bond motifs is 1. The van der Waals surface area contributed by atoms with Gasteiger partial charge in [-0.25, -0.2) is 14.6 Å². The summed E-state index contributed by atoms with van der Waals surface area (Å²) in [6.07, 6.45) is 1.79. The molecule has 0 aliphatic carbocycles. The van der Waals surface area contributed by atoms with E-state index in [1.54, 1.807) is 38.1 Å². The Hall–Kier alpha value is -4.43. The third kappa shape index (κ3) is 7.93. The van der Waals surface area contributed by atoms with Gasteiger partial charge in [0.15, 0.2) is 22.9 Å². The molecule has 1 aliphatic heterocycles. The minimum atomic E-state index is -0.849. The van der Waals surface area contributed by atoms with E-state index in [9.17, 15) is 14.4 Å². The Morgan fingerprint density at radius 3 is 2.38 bits per heavy atom. The number of benzene rings is 3. The maximum absolute atomic E-state index is 14.0. The Balaban J connectivity index is 1.51. The first-order valence-corrected chi connectivity index (χ1v) is 16.7. The molecule has 2 heterocycles. The van der Waals surface area contributed by atoms with Crippen LogP contribution in [0, 0.1) is 3.57 Å². The van der Waals surface area contributed by atoms with Crippen LogP contribution in [0.4, 0.5) is 0 Å². The van der Waals surface area contributed by atoms with Crippen molar-refractivity contribution in [3.63, 3.8) is 0 Å². The Morgan fingerprint density at radius 2 is 1.70 bits per heavy atom. The smallest absolute Gasteiger partial charge is 0.343 e. The highest BCUT2D eigenvalue weighted by atomic mass is 127. The van der Waals surface area contributed by atoms with Crippen molar-refractivity contribution in [1.82, 2.24) is 4.57 Å². The van der Waals surface area contributed by atoms with Crippen molar-refractivity contribution in [1.29, 1.82) is 0 Å². The summed E-state index contributed by atoms with van der Waals surface area (Å²) in [6, 6.07) is 19.8. The molecule has 1 atom stereocenters. The Bertz CT molecular complexity index is 1980. The number of aromatic nitrogens is 1. The van der Waals surface area contributed by atoms with Gasteiger partial charge in [0, 0.05) is 3.57 Å². The summed E-state index contributed by atoms with van der Waals surface area (Å²) >= 11 is 3.50. The van der Waals surface area contributed by atoms with Gasteiger partial charge >= 0.3 is 11.9 Å². The largest absolute Gasteiger partial charge is 0.490 e. The molecule has 5 rings (SSSR count). The van der Waals surface area contributed by atoms with Gasteiger partial charge in [-0.2, -0.15) is 0 Å². The molecule has 0 radical (unpaired) electrons. The van der Waals surface area contributed by atoms with Crippen molar-refractivity contribution in [2.45, 2.75) is 33.4 Å². The number of methoxy groups -OCH3 is 1. The molecule has 4 aromatic rings. The summed E-state index contributed by atoms with van der Waals surface area (Å²) in [6.45, 7) is 5.87. The molecule has 0 fully saturated rings. The molecule has 0 spiro atoms. The molecule has 0 saturated heterocycles. The lowest BCUT2D eigenvalue weighted by atomic mass is 9.95.